The Hall–Kier alpha value is -3.12. The maximum absolute atomic E-state index is 13.9. The number of methoxy groups -OCH3 is 1. The minimum atomic E-state index is -0.302. The molecule has 3 unspecified atom stereocenters. The van der Waals surface area contributed by atoms with Gasteiger partial charge in [0.15, 0.2) is 0 Å². The van der Waals surface area contributed by atoms with Gasteiger partial charge in [0, 0.05) is 55.9 Å². The number of esters is 1. The number of amides is 1. The third kappa shape index (κ3) is 5.96. The lowest BCUT2D eigenvalue weighted by molar-refractivity contribution is -0.158. The molecule has 1 aliphatic carbocycles. The molecule has 0 aromatic heterocycles. The highest BCUT2D eigenvalue weighted by Gasteiger charge is 2.54. The number of piperidine rings is 1. The Bertz CT molecular complexity index is 1120. The third-order valence-electron chi connectivity index (χ3n) is 8.23. The number of hydrogen-bond donors (Lipinski definition) is 0. The topological polar surface area (TPSA) is 59.1 Å². The van der Waals surface area contributed by atoms with Crippen LogP contribution < -0.4 is 4.74 Å². The molecule has 0 bridgehead atoms. The van der Waals surface area contributed by atoms with Gasteiger partial charge in [0.1, 0.15) is 11.9 Å². The van der Waals surface area contributed by atoms with Gasteiger partial charge in [-0.3, -0.25) is 14.5 Å². The molecular weight excluding hydrogens is 476 g/mol. The van der Waals surface area contributed by atoms with Crippen molar-refractivity contribution >= 4 is 11.9 Å². The molecule has 1 heterocycles. The van der Waals surface area contributed by atoms with Gasteiger partial charge in [0.25, 0.3) is 5.91 Å². The summed E-state index contributed by atoms with van der Waals surface area (Å²) in [6.07, 6.45) is 3.98. The van der Waals surface area contributed by atoms with Crippen LogP contribution in [0.3, 0.4) is 0 Å². The van der Waals surface area contributed by atoms with Crippen molar-refractivity contribution in [1.82, 2.24) is 9.80 Å². The smallest absolute Gasteiger partial charge is 0.302 e. The van der Waals surface area contributed by atoms with E-state index in [9.17, 15) is 9.59 Å². The van der Waals surface area contributed by atoms with Crippen LogP contribution in [0.1, 0.15) is 56.0 Å². The van der Waals surface area contributed by atoms with E-state index in [0.717, 1.165) is 38.2 Å². The fraction of sp³-hybridized carbons (Fsp3) is 0.500. The molecule has 6 heteroatoms. The van der Waals surface area contributed by atoms with Gasteiger partial charge in [-0.2, -0.15) is 0 Å². The SMILES string of the molecule is C=CCN1CCC2(c3cccc(OC)c3)C[C@@H](N(CC(C)C)C(=O)c3ccccc3)CC(OC(C)=O)C2C1. The summed E-state index contributed by atoms with van der Waals surface area (Å²) in [6, 6.07) is 17.8. The summed E-state index contributed by atoms with van der Waals surface area (Å²) in [4.78, 5) is 30.8. The zero-order valence-electron chi connectivity index (χ0n) is 23.3. The molecule has 2 fully saturated rings. The van der Waals surface area contributed by atoms with E-state index in [-0.39, 0.29) is 35.4 Å². The monoisotopic (exact) mass is 518 g/mol. The second-order valence-corrected chi connectivity index (χ2v) is 11.3. The molecule has 0 radical (unpaired) electrons. The summed E-state index contributed by atoms with van der Waals surface area (Å²) in [5.74, 6) is 0.968. The van der Waals surface area contributed by atoms with Crippen LogP contribution in [-0.2, 0) is 14.9 Å². The van der Waals surface area contributed by atoms with Crippen molar-refractivity contribution in [2.75, 3.05) is 33.3 Å². The van der Waals surface area contributed by atoms with Gasteiger partial charge in [0.05, 0.1) is 7.11 Å². The lowest BCUT2D eigenvalue weighted by Gasteiger charge is -2.56. The number of likely N-dealkylation sites (tertiary alicyclic amines) is 1. The van der Waals surface area contributed by atoms with Crippen LogP contribution in [0.5, 0.6) is 5.75 Å². The van der Waals surface area contributed by atoms with Crippen molar-refractivity contribution in [2.24, 2.45) is 11.8 Å². The van der Waals surface area contributed by atoms with Crippen molar-refractivity contribution in [3.63, 3.8) is 0 Å². The Morgan fingerprint density at radius 3 is 2.61 bits per heavy atom. The number of benzene rings is 2. The fourth-order valence-electron chi connectivity index (χ4n) is 6.63. The normalized spacial score (nSPS) is 25.3. The zero-order valence-corrected chi connectivity index (χ0v) is 23.3. The summed E-state index contributed by atoms with van der Waals surface area (Å²) in [5.41, 5.74) is 1.62. The highest BCUT2D eigenvalue weighted by atomic mass is 16.5. The Balaban J connectivity index is 1.81. The number of hydrogen-bond acceptors (Lipinski definition) is 5. The number of ether oxygens (including phenoxy) is 2. The molecule has 2 aromatic carbocycles. The van der Waals surface area contributed by atoms with Crippen LogP contribution in [0.2, 0.25) is 0 Å². The predicted octanol–water partition coefficient (Wildman–Crippen LogP) is 5.33. The fourth-order valence-corrected chi connectivity index (χ4v) is 6.63. The molecule has 204 valence electrons. The first-order valence-corrected chi connectivity index (χ1v) is 13.8. The molecule has 2 aromatic rings. The van der Waals surface area contributed by atoms with E-state index in [2.05, 4.69) is 37.5 Å². The number of fused-ring (bicyclic) bond motifs is 1. The quantitative estimate of drug-likeness (QED) is 0.332. The molecule has 4 rings (SSSR count). The number of carbonyl (C=O) groups is 2. The van der Waals surface area contributed by atoms with E-state index < -0.39 is 0 Å². The van der Waals surface area contributed by atoms with Crippen molar-refractivity contribution in [3.05, 3.63) is 78.4 Å². The Labute approximate surface area is 227 Å². The van der Waals surface area contributed by atoms with Gasteiger partial charge >= 0.3 is 5.97 Å². The van der Waals surface area contributed by atoms with E-state index >= 15 is 0 Å². The second kappa shape index (κ2) is 12.2. The summed E-state index contributed by atoms with van der Waals surface area (Å²) >= 11 is 0. The van der Waals surface area contributed by atoms with E-state index in [4.69, 9.17) is 9.47 Å². The molecular formula is C32H42N2O4. The van der Waals surface area contributed by atoms with Gasteiger partial charge < -0.3 is 14.4 Å². The largest absolute Gasteiger partial charge is 0.497 e. The van der Waals surface area contributed by atoms with Crippen molar-refractivity contribution in [3.8, 4) is 5.75 Å². The van der Waals surface area contributed by atoms with Crippen LogP contribution in [-0.4, -0.2) is 67.1 Å². The third-order valence-corrected chi connectivity index (χ3v) is 8.23. The minimum Gasteiger partial charge on any atom is -0.497 e. The lowest BCUT2D eigenvalue weighted by Crippen LogP contribution is -2.62. The van der Waals surface area contributed by atoms with E-state index in [1.165, 1.54) is 12.5 Å². The van der Waals surface area contributed by atoms with Crippen molar-refractivity contribution < 1.29 is 19.1 Å². The molecule has 1 amide bonds. The Morgan fingerprint density at radius 1 is 1.18 bits per heavy atom. The Morgan fingerprint density at radius 2 is 1.95 bits per heavy atom. The van der Waals surface area contributed by atoms with Crippen LogP contribution in [0.25, 0.3) is 0 Å². The summed E-state index contributed by atoms with van der Waals surface area (Å²) in [7, 11) is 1.69. The summed E-state index contributed by atoms with van der Waals surface area (Å²) in [5, 5.41) is 0. The van der Waals surface area contributed by atoms with Crippen molar-refractivity contribution in [2.45, 2.75) is 57.6 Å². The first-order chi connectivity index (χ1) is 18.3. The van der Waals surface area contributed by atoms with Gasteiger partial charge in [-0.15, -0.1) is 6.58 Å². The average Bonchev–Trinajstić information content (AvgIpc) is 2.91. The number of rotatable bonds is 9. The number of nitrogens with zero attached hydrogens (tertiary/aromatic N) is 2. The van der Waals surface area contributed by atoms with Gasteiger partial charge in [-0.25, -0.2) is 0 Å². The molecule has 0 spiro atoms. The first-order valence-electron chi connectivity index (χ1n) is 13.8. The number of carbonyl (C=O) groups excluding carboxylic acids is 2. The van der Waals surface area contributed by atoms with Crippen LogP contribution in [0.15, 0.2) is 67.3 Å². The zero-order chi connectivity index (χ0) is 27.3. The van der Waals surface area contributed by atoms with Crippen molar-refractivity contribution in [1.29, 1.82) is 0 Å². The Kier molecular flexibility index (Phi) is 8.93. The molecule has 0 N–H and O–H groups in total. The van der Waals surface area contributed by atoms with Crippen LogP contribution in [0, 0.1) is 11.8 Å². The highest BCUT2D eigenvalue weighted by molar-refractivity contribution is 5.94. The minimum absolute atomic E-state index is 0.0363. The lowest BCUT2D eigenvalue weighted by atomic mass is 9.56. The van der Waals surface area contributed by atoms with Gasteiger partial charge in [-0.05, 0) is 55.1 Å². The maximum Gasteiger partial charge on any atom is 0.302 e. The van der Waals surface area contributed by atoms with Crippen LogP contribution >= 0.6 is 0 Å². The second-order valence-electron chi connectivity index (χ2n) is 11.3. The maximum atomic E-state index is 13.9. The molecule has 1 saturated heterocycles. The van der Waals surface area contributed by atoms with E-state index in [1.54, 1.807) is 7.11 Å². The van der Waals surface area contributed by atoms with E-state index in [1.807, 2.05) is 53.4 Å². The standard InChI is InChI=1S/C32H42N2O4/c1-6-16-33-17-15-32(26-13-10-14-28(18-26)37-5)20-27(19-30(29(32)22-33)38-24(4)35)34(21-23(2)3)31(36)25-11-8-7-9-12-25/h6-14,18,23,27,29-30H,1,15-17,19-22H2,2-5H3/t27-,29?,30?,32?/m0/s1. The molecule has 1 aliphatic heterocycles. The van der Waals surface area contributed by atoms with E-state index in [0.29, 0.717) is 24.4 Å². The average molecular weight is 519 g/mol. The molecule has 2 aliphatic rings. The highest BCUT2D eigenvalue weighted by Crippen LogP contribution is 2.51. The van der Waals surface area contributed by atoms with Crippen LogP contribution in [0.4, 0.5) is 0 Å². The summed E-state index contributed by atoms with van der Waals surface area (Å²) < 4.78 is 11.7. The molecule has 38 heavy (non-hydrogen) atoms. The molecule has 1 saturated carbocycles. The molecule has 4 atom stereocenters. The summed E-state index contributed by atoms with van der Waals surface area (Å²) in [6.45, 7) is 12.9. The predicted molar refractivity (Wildman–Crippen MR) is 150 cm³/mol. The van der Waals surface area contributed by atoms with Gasteiger partial charge in [-0.1, -0.05) is 50.3 Å². The first kappa shape index (κ1) is 27.9. The van der Waals surface area contributed by atoms with Gasteiger partial charge in [0.2, 0.25) is 0 Å². The molecule has 6 nitrogen and oxygen atoms in total.